The predicted octanol–water partition coefficient (Wildman–Crippen LogP) is 2.21. The second-order valence-electron chi connectivity index (χ2n) is 8.73. The smallest absolute Gasteiger partial charge is 0.278 e. The highest BCUT2D eigenvalue weighted by Crippen LogP contribution is 2.28. The monoisotopic (exact) mass is 456 g/mol. The first-order valence-electron chi connectivity index (χ1n) is 11.4. The van der Waals surface area contributed by atoms with Gasteiger partial charge in [-0.1, -0.05) is 16.5 Å². The van der Waals surface area contributed by atoms with Crippen molar-refractivity contribution in [3.05, 3.63) is 38.6 Å². The molecule has 2 aliphatic rings. The largest absolute Gasteiger partial charge is 0.361 e. The summed E-state index contributed by atoms with van der Waals surface area (Å²) in [6, 6.07) is 0. The van der Waals surface area contributed by atoms with Crippen LogP contribution in [-0.4, -0.2) is 45.3 Å². The number of piperidine rings is 1. The van der Waals surface area contributed by atoms with Gasteiger partial charge in [0.2, 0.25) is 16.0 Å². The Morgan fingerprint density at radius 2 is 2.00 bits per heavy atom. The predicted molar refractivity (Wildman–Crippen MR) is 121 cm³/mol. The van der Waals surface area contributed by atoms with Crippen LogP contribution >= 0.6 is 11.3 Å². The molecular formula is C22H28N6O3S. The Kier molecular flexibility index (Phi) is 5.71. The van der Waals surface area contributed by atoms with Crippen molar-refractivity contribution in [1.82, 2.24) is 25.1 Å². The highest BCUT2D eigenvalue weighted by molar-refractivity contribution is 7.20. The third-order valence-corrected chi connectivity index (χ3v) is 7.63. The number of fused-ring (bicyclic) bond motifs is 2. The summed E-state index contributed by atoms with van der Waals surface area (Å²) in [5.41, 5.74) is 3.72. The molecule has 0 saturated carbocycles. The lowest BCUT2D eigenvalue weighted by Gasteiger charge is -2.30. The summed E-state index contributed by atoms with van der Waals surface area (Å²) in [6.07, 6.45) is 6.08. The van der Waals surface area contributed by atoms with Gasteiger partial charge in [-0.05, 0) is 58.8 Å². The van der Waals surface area contributed by atoms with Crippen LogP contribution in [0.1, 0.15) is 54.0 Å². The lowest BCUT2D eigenvalue weighted by atomic mass is 9.96. The van der Waals surface area contributed by atoms with Crippen LogP contribution in [0.4, 0.5) is 5.13 Å². The van der Waals surface area contributed by atoms with Gasteiger partial charge in [-0.2, -0.15) is 4.52 Å². The fourth-order valence-corrected chi connectivity index (χ4v) is 5.70. The van der Waals surface area contributed by atoms with E-state index in [9.17, 15) is 9.59 Å². The van der Waals surface area contributed by atoms with E-state index < -0.39 is 0 Å². The summed E-state index contributed by atoms with van der Waals surface area (Å²) >= 11 is 1.47. The van der Waals surface area contributed by atoms with E-state index in [0.29, 0.717) is 11.5 Å². The van der Waals surface area contributed by atoms with Crippen LogP contribution in [0.15, 0.2) is 9.32 Å². The minimum Gasteiger partial charge on any atom is -0.361 e. The lowest BCUT2D eigenvalue weighted by molar-refractivity contribution is -0.125. The van der Waals surface area contributed by atoms with Crippen molar-refractivity contribution in [3.63, 3.8) is 0 Å². The van der Waals surface area contributed by atoms with Gasteiger partial charge in [-0.15, -0.1) is 5.10 Å². The SMILES string of the molecule is Cc1noc(C)c1CCNC(=O)C1CCN(c2nn3c(=O)c4c(nc3s2)CCCC4)CC1. The molecule has 170 valence electrons. The Labute approximate surface area is 189 Å². The van der Waals surface area contributed by atoms with Crippen LogP contribution in [0, 0.1) is 19.8 Å². The van der Waals surface area contributed by atoms with E-state index in [-0.39, 0.29) is 17.4 Å². The normalized spacial score (nSPS) is 17.0. The van der Waals surface area contributed by atoms with Gasteiger partial charge in [-0.3, -0.25) is 9.59 Å². The molecule has 0 spiro atoms. The van der Waals surface area contributed by atoms with Crippen LogP contribution in [0.5, 0.6) is 0 Å². The van der Waals surface area contributed by atoms with Gasteiger partial charge in [0.25, 0.3) is 5.56 Å². The van der Waals surface area contributed by atoms with Gasteiger partial charge < -0.3 is 14.7 Å². The van der Waals surface area contributed by atoms with E-state index in [1.54, 1.807) is 0 Å². The molecule has 5 rings (SSSR count). The third-order valence-electron chi connectivity index (χ3n) is 6.66. The Morgan fingerprint density at radius 1 is 1.22 bits per heavy atom. The van der Waals surface area contributed by atoms with E-state index in [4.69, 9.17) is 9.51 Å². The van der Waals surface area contributed by atoms with Crippen LogP contribution in [0.3, 0.4) is 0 Å². The molecule has 0 unspecified atom stereocenters. The molecule has 1 aliphatic carbocycles. The molecule has 0 aromatic carbocycles. The summed E-state index contributed by atoms with van der Waals surface area (Å²) in [5.74, 6) is 0.917. The first-order valence-corrected chi connectivity index (χ1v) is 12.2. The second kappa shape index (κ2) is 8.65. The molecular weight excluding hydrogens is 428 g/mol. The van der Waals surface area contributed by atoms with Crippen LogP contribution in [0.25, 0.3) is 4.96 Å². The lowest BCUT2D eigenvalue weighted by Crippen LogP contribution is -2.41. The third kappa shape index (κ3) is 3.92. The maximum Gasteiger partial charge on any atom is 0.278 e. The summed E-state index contributed by atoms with van der Waals surface area (Å²) in [5, 5.41) is 12.4. The van der Waals surface area contributed by atoms with Gasteiger partial charge >= 0.3 is 0 Å². The van der Waals surface area contributed by atoms with Crippen LogP contribution < -0.4 is 15.8 Å². The molecule has 3 aromatic rings. The van der Waals surface area contributed by atoms with E-state index in [1.165, 1.54) is 15.9 Å². The molecule has 0 radical (unpaired) electrons. The number of hydrogen-bond acceptors (Lipinski definition) is 8. The highest BCUT2D eigenvalue weighted by Gasteiger charge is 2.27. The number of nitrogens with one attached hydrogen (secondary N) is 1. The fourth-order valence-electron chi connectivity index (χ4n) is 4.74. The molecule has 0 atom stereocenters. The zero-order valence-corrected chi connectivity index (χ0v) is 19.3. The Bertz CT molecular complexity index is 1180. The molecule has 1 amide bonds. The standard InChI is InChI=1S/C22H28N6O3S/c1-13-16(14(2)31-26-13)7-10-23-19(29)15-8-11-27(12-9-15)22-25-28-20(30)17-5-3-4-6-18(17)24-21(28)32-22/h15H,3-12H2,1-2H3,(H,23,29). The number of amides is 1. The van der Waals surface area contributed by atoms with Crippen molar-refractivity contribution < 1.29 is 9.32 Å². The Hall–Kier alpha value is -2.75. The summed E-state index contributed by atoms with van der Waals surface area (Å²) in [4.78, 5) is 33.0. The number of aryl methyl sites for hydroxylation is 3. The van der Waals surface area contributed by atoms with Crippen LogP contribution in [0.2, 0.25) is 0 Å². The molecule has 1 saturated heterocycles. The topological polar surface area (TPSA) is 106 Å². The zero-order valence-electron chi connectivity index (χ0n) is 18.5. The molecule has 4 heterocycles. The zero-order chi connectivity index (χ0) is 22.2. The van der Waals surface area contributed by atoms with Crippen molar-refractivity contribution in [1.29, 1.82) is 0 Å². The molecule has 10 heteroatoms. The average molecular weight is 457 g/mol. The number of aromatic nitrogens is 4. The summed E-state index contributed by atoms with van der Waals surface area (Å²) < 4.78 is 6.65. The molecule has 9 nitrogen and oxygen atoms in total. The first kappa shape index (κ1) is 21.1. The number of carbonyl (C=O) groups excluding carboxylic acids is 1. The maximum atomic E-state index is 12.8. The molecule has 1 fully saturated rings. The number of nitrogens with zero attached hydrogens (tertiary/aromatic N) is 5. The Morgan fingerprint density at radius 3 is 2.75 bits per heavy atom. The van der Waals surface area contributed by atoms with Crippen molar-refractivity contribution >= 4 is 27.3 Å². The molecule has 3 aromatic heterocycles. The van der Waals surface area contributed by atoms with E-state index in [0.717, 1.165) is 91.4 Å². The van der Waals surface area contributed by atoms with Crippen molar-refractivity contribution in [2.45, 2.75) is 58.8 Å². The number of hydrogen-bond donors (Lipinski definition) is 1. The van der Waals surface area contributed by atoms with Gasteiger partial charge in [0.05, 0.1) is 11.4 Å². The second-order valence-corrected chi connectivity index (χ2v) is 9.67. The number of anilines is 1. The van der Waals surface area contributed by atoms with Crippen LogP contribution in [-0.2, 0) is 24.1 Å². The van der Waals surface area contributed by atoms with Gasteiger partial charge in [0.1, 0.15) is 5.76 Å². The van der Waals surface area contributed by atoms with E-state index >= 15 is 0 Å². The number of carbonyl (C=O) groups is 1. The highest BCUT2D eigenvalue weighted by atomic mass is 32.1. The van der Waals surface area contributed by atoms with Crippen molar-refractivity contribution in [2.75, 3.05) is 24.5 Å². The summed E-state index contributed by atoms with van der Waals surface area (Å²) in [6.45, 7) is 5.89. The molecule has 1 aliphatic heterocycles. The molecule has 32 heavy (non-hydrogen) atoms. The maximum absolute atomic E-state index is 12.8. The number of rotatable bonds is 5. The van der Waals surface area contributed by atoms with Gasteiger partial charge in [0, 0.05) is 36.7 Å². The minimum absolute atomic E-state index is 0.00143. The van der Waals surface area contributed by atoms with E-state index in [1.807, 2.05) is 13.8 Å². The van der Waals surface area contributed by atoms with Crippen molar-refractivity contribution in [3.8, 4) is 0 Å². The summed E-state index contributed by atoms with van der Waals surface area (Å²) in [7, 11) is 0. The first-order chi connectivity index (χ1) is 15.5. The fraction of sp³-hybridized carbons (Fsp3) is 0.591. The molecule has 1 N–H and O–H groups in total. The Balaban J connectivity index is 1.19. The van der Waals surface area contributed by atoms with E-state index in [2.05, 4.69) is 20.5 Å². The van der Waals surface area contributed by atoms with Gasteiger partial charge in [0.15, 0.2) is 0 Å². The molecule has 0 bridgehead atoms. The van der Waals surface area contributed by atoms with Crippen molar-refractivity contribution in [2.24, 2.45) is 5.92 Å². The quantitative estimate of drug-likeness (QED) is 0.627. The van der Waals surface area contributed by atoms with Gasteiger partial charge in [-0.25, -0.2) is 4.98 Å². The average Bonchev–Trinajstić information content (AvgIpc) is 3.38. The minimum atomic E-state index is -0.0141.